The Bertz CT molecular complexity index is 1820. The summed E-state index contributed by atoms with van der Waals surface area (Å²) < 4.78 is 0. The largest absolute Gasteiger partial charge is 0.481 e. The minimum atomic E-state index is -1.16. The summed E-state index contributed by atoms with van der Waals surface area (Å²) in [6, 6.07) is 25.1. The summed E-state index contributed by atoms with van der Waals surface area (Å²) in [5.74, 6) is -4.89. The van der Waals surface area contributed by atoms with Gasteiger partial charge in [0.25, 0.3) is 0 Å². The van der Waals surface area contributed by atoms with Crippen molar-refractivity contribution in [2.24, 2.45) is 5.92 Å². The third kappa shape index (κ3) is 11.2. The lowest BCUT2D eigenvalue weighted by Gasteiger charge is -2.26. The van der Waals surface area contributed by atoms with E-state index in [1.807, 2.05) is 66.0 Å². The van der Waals surface area contributed by atoms with Crippen LogP contribution in [0, 0.1) is 5.92 Å². The Hall–Kier alpha value is -5.62. The molecule has 3 heterocycles. The van der Waals surface area contributed by atoms with Crippen LogP contribution in [0.4, 0.5) is 5.69 Å². The number of Topliss-reactive ketones (excluding diaryl/α,β-unsaturated/α-hetero) is 1. The molecule has 3 aromatic carbocycles. The zero-order valence-electron chi connectivity index (χ0n) is 27.9. The Morgan fingerprint density at radius 1 is 0.627 bits per heavy atom. The molecule has 12 heteroatoms. The van der Waals surface area contributed by atoms with Gasteiger partial charge in [0.05, 0.1) is 12.0 Å². The molecule has 0 spiro atoms. The Morgan fingerprint density at radius 2 is 1.20 bits per heavy atom. The molecule has 2 bridgehead atoms. The second-order valence-corrected chi connectivity index (χ2v) is 13.6. The molecule has 2 aliphatic rings. The van der Waals surface area contributed by atoms with E-state index < -0.39 is 59.4 Å². The molecule has 4 atom stereocenters. The highest BCUT2D eigenvalue weighted by Gasteiger charge is 2.32. The number of amides is 4. The van der Waals surface area contributed by atoms with Gasteiger partial charge < -0.3 is 26.4 Å². The molecular weight excluding hydrogens is 669 g/mol. The average molecular weight is 709 g/mol. The molecule has 51 heavy (non-hydrogen) atoms. The van der Waals surface area contributed by atoms with Crippen molar-refractivity contribution in [3.63, 3.8) is 0 Å². The van der Waals surface area contributed by atoms with Crippen LogP contribution in [-0.2, 0) is 54.5 Å². The number of fused-ring (bicyclic) bond motifs is 18. The van der Waals surface area contributed by atoms with E-state index in [1.165, 1.54) is 11.3 Å². The third-order valence-electron chi connectivity index (χ3n) is 8.64. The first-order chi connectivity index (χ1) is 24.6. The maximum absolute atomic E-state index is 14.1. The highest BCUT2D eigenvalue weighted by molar-refractivity contribution is 7.09. The number of nitrogens with one attached hydrogen (secondary N) is 4. The maximum atomic E-state index is 14.1. The van der Waals surface area contributed by atoms with Gasteiger partial charge in [0.15, 0.2) is 5.78 Å². The van der Waals surface area contributed by atoms with E-state index in [4.69, 9.17) is 0 Å². The molecule has 0 radical (unpaired) electrons. The number of aliphatic carboxylic acids is 1. The number of carboxylic acid groups (broad SMARTS) is 1. The molecule has 4 aromatic rings. The number of rotatable bonds is 7. The quantitative estimate of drug-likeness (QED) is 0.182. The Balaban J connectivity index is 1.49. The summed E-state index contributed by atoms with van der Waals surface area (Å²) in [4.78, 5) is 81.0. The average Bonchev–Trinajstić information content (AvgIpc) is 3.64. The van der Waals surface area contributed by atoms with Crippen molar-refractivity contribution in [3.8, 4) is 0 Å². The van der Waals surface area contributed by atoms with Crippen molar-refractivity contribution in [2.45, 2.75) is 63.1 Å². The highest BCUT2D eigenvalue weighted by Crippen LogP contribution is 2.19. The van der Waals surface area contributed by atoms with Crippen LogP contribution in [0.25, 0.3) is 0 Å². The normalized spacial score (nSPS) is 21.1. The van der Waals surface area contributed by atoms with Crippen LogP contribution in [-0.4, -0.2) is 58.6 Å². The van der Waals surface area contributed by atoms with E-state index in [0.29, 0.717) is 11.3 Å². The number of hydrogen-bond acceptors (Lipinski definition) is 7. The number of thiophene rings is 1. The number of carbonyl (C=O) groups is 6. The van der Waals surface area contributed by atoms with Gasteiger partial charge in [-0.3, -0.25) is 28.8 Å². The Kier molecular flexibility index (Phi) is 12.8. The summed E-state index contributed by atoms with van der Waals surface area (Å²) in [5.41, 5.74) is 2.61. The Labute approximate surface area is 299 Å². The summed E-state index contributed by atoms with van der Waals surface area (Å²) in [6.07, 6.45) is -0.302. The second kappa shape index (κ2) is 17.9. The van der Waals surface area contributed by atoms with Gasteiger partial charge in [-0.05, 0) is 53.1 Å². The standard InChI is InChI=1S/C39H40N4O7S/c44-34-23-28(39(49)50)20-27-13-15-29(16-14-27)40-35(45)17-18-36(46)41-33(24-30-12-7-19-51-30)38(48)43-32(22-26-10-5-2-6-11-26)37(47)42-31(34)21-25-8-3-1-4-9-25/h1-16,19,28,31-33H,17-18,20-24H2,(H,40,45)(H,41,46)(H,42,47)(H,43,48)(H,49,50)/t28-,31-,32+,33-/m1/s1. The van der Waals surface area contributed by atoms with Crippen molar-refractivity contribution in [2.75, 3.05) is 5.32 Å². The van der Waals surface area contributed by atoms with Crippen LogP contribution >= 0.6 is 11.3 Å². The van der Waals surface area contributed by atoms with Gasteiger partial charge in [0.2, 0.25) is 23.6 Å². The first kappa shape index (κ1) is 36.7. The lowest BCUT2D eigenvalue weighted by molar-refractivity contribution is -0.144. The van der Waals surface area contributed by atoms with Crippen molar-refractivity contribution in [1.29, 1.82) is 0 Å². The van der Waals surface area contributed by atoms with Gasteiger partial charge in [-0.15, -0.1) is 11.3 Å². The second-order valence-electron chi connectivity index (χ2n) is 12.6. The zero-order chi connectivity index (χ0) is 36.2. The fourth-order valence-electron chi connectivity index (χ4n) is 5.90. The number of hydrogen-bond donors (Lipinski definition) is 5. The van der Waals surface area contributed by atoms with E-state index >= 15 is 0 Å². The molecule has 264 valence electrons. The van der Waals surface area contributed by atoms with Gasteiger partial charge in [0.1, 0.15) is 12.1 Å². The minimum absolute atomic E-state index is 0.0415. The topological polar surface area (TPSA) is 171 Å². The lowest BCUT2D eigenvalue weighted by Crippen LogP contribution is -2.57. The van der Waals surface area contributed by atoms with Crippen molar-refractivity contribution >= 4 is 52.4 Å². The fourth-order valence-corrected chi connectivity index (χ4v) is 6.65. The molecular formula is C39H40N4O7S. The number of anilines is 1. The molecule has 0 saturated heterocycles. The van der Waals surface area contributed by atoms with Crippen LogP contribution in [0.2, 0.25) is 0 Å². The van der Waals surface area contributed by atoms with Crippen molar-refractivity contribution in [1.82, 2.24) is 16.0 Å². The molecule has 1 aromatic heterocycles. The first-order valence-electron chi connectivity index (χ1n) is 16.8. The first-order valence-corrected chi connectivity index (χ1v) is 17.7. The molecule has 0 fully saturated rings. The smallest absolute Gasteiger partial charge is 0.307 e. The van der Waals surface area contributed by atoms with Crippen LogP contribution in [0.15, 0.2) is 102 Å². The molecule has 4 amide bonds. The predicted octanol–water partition coefficient (Wildman–Crippen LogP) is 3.87. The molecule has 6 rings (SSSR count). The van der Waals surface area contributed by atoms with E-state index in [2.05, 4.69) is 21.3 Å². The van der Waals surface area contributed by atoms with Crippen LogP contribution in [0.1, 0.15) is 40.8 Å². The van der Waals surface area contributed by atoms with Gasteiger partial charge in [-0.2, -0.15) is 0 Å². The monoisotopic (exact) mass is 708 g/mol. The Morgan fingerprint density at radius 3 is 1.78 bits per heavy atom. The van der Waals surface area contributed by atoms with E-state index in [9.17, 15) is 33.9 Å². The molecule has 0 saturated carbocycles. The van der Waals surface area contributed by atoms with Crippen LogP contribution < -0.4 is 21.3 Å². The third-order valence-corrected chi connectivity index (χ3v) is 9.54. The summed E-state index contributed by atoms with van der Waals surface area (Å²) in [7, 11) is 0. The highest BCUT2D eigenvalue weighted by atomic mass is 32.1. The summed E-state index contributed by atoms with van der Waals surface area (Å²) in [5, 5.41) is 23.1. The number of benzene rings is 3. The van der Waals surface area contributed by atoms with E-state index in [-0.39, 0.29) is 44.9 Å². The molecule has 0 unspecified atom stereocenters. The molecule has 0 aliphatic carbocycles. The van der Waals surface area contributed by atoms with Crippen LogP contribution in [0.3, 0.4) is 0 Å². The number of ketones is 1. The number of carbonyl (C=O) groups excluding carboxylic acids is 5. The zero-order valence-corrected chi connectivity index (χ0v) is 28.7. The molecule has 5 N–H and O–H groups in total. The van der Waals surface area contributed by atoms with Crippen molar-refractivity contribution in [3.05, 3.63) is 124 Å². The van der Waals surface area contributed by atoms with E-state index in [1.54, 1.807) is 36.4 Å². The number of carboxylic acids is 1. The van der Waals surface area contributed by atoms with Crippen LogP contribution in [0.5, 0.6) is 0 Å². The lowest BCUT2D eigenvalue weighted by atomic mass is 9.90. The summed E-state index contributed by atoms with van der Waals surface area (Å²) in [6.45, 7) is 0. The molecule has 11 nitrogen and oxygen atoms in total. The van der Waals surface area contributed by atoms with Gasteiger partial charge >= 0.3 is 5.97 Å². The van der Waals surface area contributed by atoms with Gasteiger partial charge in [0, 0.05) is 42.7 Å². The maximum Gasteiger partial charge on any atom is 0.307 e. The SMILES string of the molecule is O=C1CCC(=O)N[C@H](Cc2cccs2)C(=O)N[C@@H](Cc2ccccc2)C(=O)N[C@H](Cc2ccccc2)C(=O)C[C@H](C(=O)O)Cc2ccc(cc2)N1. The van der Waals surface area contributed by atoms with E-state index in [0.717, 1.165) is 16.0 Å². The molecule has 2 aliphatic heterocycles. The van der Waals surface area contributed by atoms with Gasteiger partial charge in [-0.1, -0.05) is 78.9 Å². The minimum Gasteiger partial charge on any atom is -0.481 e. The predicted molar refractivity (Wildman–Crippen MR) is 193 cm³/mol. The summed E-state index contributed by atoms with van der Waals surface area (Å²) >= 11 is 1.41. The van der Waals surface area contributed by atoms with Crippen molar-refractivity contribution < 1.29 is 33.9 Å². The fraction of sp³-hybridized carbons (Fsp3) is 0.282. The van der Waals surface area contributed by atoms with Gasteiger partial charge in [-0.25, -0.2) is 0 Å².